The Hall–Kier alpha value is -0.850. The van der Waals surface area contributed by atoms with Gasteiger partial charge in [-0.05, 0) is 42.8 Å². The van der Waals surface area contributed by atoms with E-state index < -0.39 is 0 Å². The van der Waals surface area contributed by atoms with E-state index in [9.17, 15) is 0 Å². The number of hydrogen-bond acceptors (Lipinski definition) is 4. The SMILES string of the molecule is Cc1cc(Br)ccc1-c1ccc(CNCCOCCO)o1.Cl. The van der Waals surface area contributed by atoms with Crippen LogP contribution in [0.5, 0.6) is 0 Å². The lowest BCUT2D eigenvalue weighted by Gasteiger charge is -2.04. The zero-order chi connectivity index (χ0) is 15.1. The molecule has 0 saturated carbocycles. The third-order valence-corrected chi connectivity index (χ3v) is 3.57. The van der Waals surface area contributed by atoms with E-state index in [1.54, 1.807) is 0 Å². The van der Waals surface area contributed by atoms with Crippen LogP contribution in [0.3, 0.4) is 0 Å². The minimum atomic E-state index is 0. The summed E-state index contributed by atoms with van der Waals surface area (Å²) in [5.41, 5.74) is 2.28. The average Bonchev–Trinajstić information content (AvgIpc) is 2.91. The summed E-state index contributed by atoms with van der Waals surface area (Å²) in [6.45, 7) is 4.49. The van der Waals surface area contributed by atoms with E-state index in [0.29, 0.717) is 19.8 Å². The summed E-state index contributed by atoms with van der Waals surface area (Å²) >= 11 is 3.47. The number of furan rings is 1. The highest BCUT2D eigenvalue weighted by Gasteiger charge is 2.07. The van der Waals surface area contributed by atoms with Gasteiger partial charge >= 0.3 is 0 Å². The van der Waals surface area contributed by atoms with Crippen LogP contribution < -0.4 is 5.32 Å². The monoisotopic (exact) mass is 389 g/mol. The van der Waals surface area contributed by atoms with Gasteiger partial charge in [-0.25, -0.2) is 0 Å². The smallest absolute Gasteiger partial charge is 0.134 e. The molecule has 0 atom stereocenters. The maximum atomic E-state index is 8.59. The first-order valence-corrected chi connectivity index (χ1v) is 7.74. The van der Waals surface area contributed by atoms with Gasteiger partial charge < -0.3 is 19.6 Å². The van der Waals surface area contributed by atoms with E-state index in [-0.39, 0.29) is 19.0 Å². The number of ether oxygens (including phenoxy) is 1. The van der Waals surface area contributed by atoms with Crippen LogP contribution in [0.2, 0.25) is 0 Å². The Morgan fingerprint density at radius 3 is 2.77 bits per heavy atom. The Morgan fingerprint density at radius 1 is 1.23 bits per heavy atom. The Labute approximate surface area is 145 Å². The van der Waals surface area contributed by atoms with E-state index in [2.05, 4.69) is 40.3 Å². The van der Waals surface area contributed by atoms with Gasteiger partial charge in [-0.2, -0.15) is 0 Å². The van der Waals surface area contributed by atoms with Crippen molar-refractivity contribution in [2.75, 3.05) is 26.4 Å². The zero-order valence-electron chi connectivity index (χ0n) is 12.5. The molecule has 0 spiro atoms. The molecule has 0 aliphatic rings. The van der Waals surface area contributed by atoms with Gasteiger partial charge in [0.2, 0.25) is 0 Å². The second kappa shape index (κ2) is 10.0. The standard InChI is InChI=1S/C16H20BrNO3.ClH/c1-12-10-13(17)2-4-15(12)16-5-3-14(21-16)11-18-6-8-20-9-7-19;/h2-5,10,18-19H,6-9,11H2,1H3;1H. The van der Waals surface area contributed by atoms with Crippen LogP contribution in [0.4, 0.5) is 0 Å². The topological polar surface area (TPSA) is 54.6 Å². The van der Waals surface area contributed by atoms with Crippen molar-refractivity contribution in [3.8, 4) is 11.3 Å². The van der Waals surface area contributed by atoms with Crippen LogP contribution in [0.1, 0.15) is 11.3 Å². The van der Waals surface area contributed by atoms with E-state index in [0.717, 1.165) is 28.1 Å². The molecule has 1 aromatic heterocycles. The molecule has 0 saturated heterocycles. The van der Waals surface area contributed by atoms with Gasteiger partial charge in [0.05, 0.1) is 26.4 Å². The molecule has 122 valence electrons. The fourth-order valence-electron chi connectivity index (χ4n) is 2.04. The number of aryl methyl sites for hydroxylation is 1. The summed E-state index contributed by atoms with van der Waals surface area (Å²) in [6.07, 6.45) is 0. The molecule has 22 heavy (non-hydrogen) atoms. The maximum Gasteiger partial charge on any atom is 0.134 e. The molecular weight excluding hydrogens is 370 g/mol. The van der Waals surface area contributed by atoms with Crippen LogP contribution >= 0.6 is 28.3 Å². The molecule has 0 bridgehead atoms. The predicted octanol–water partition coefficient (Wildman–Crippen LogP) is 3.54. The molecule has 2 N–H and O–H groups in total. The van der Waals surface area contributed by atoms with Crippen LogP contribution in [0.15, 0.2) is 39.2 Å². The highest BCUT2D eigenvalue weighted by Crippen LogP contribution is 2.27. The lowest BCUT2D eigenvalue weighted by atomic mass is 10.1. The first kappa shape index (κ1) is 19.2. The molecule has 2 rings (SSSR count). The molecule has 0 fully saturated rings. The van der Waals surface area contributed by atoms with Gasteiger partial charge in [-0.3, -0.25) is 0 Å². The number of halogens is 2. The highest BCUT2D eigenvalue weighted by molar-refractivity contribution is 9.10. The normalized spacial score (nSPS) is 10.5. The van der Waals surface area contributed by atoms with Crippen molar-refractivity contribution in [2.24, 2.45) is 0 Å². The molecular formula is C16H21BrClNO3. The molecule has 2 aromatic rings. The van der Waals surface area contributed by atoms with Gasteiger partial charge in [-0.15, -0.1) is 12.4 Å². The van der Waals surface area contributed by atoms with Crippen molar-refractivity contribution in [2.45, 2.75) is 13.5 Å². The number of hydrogen-bond donors (Lipinski definition) is 2. The summed E-state index contributed by atoms with van der Waals surface area (Å²) in [5, 5.41) is 11.8. The quantitative estimate of drug-likeness (QED) is 0.677. The van der Waals surface area contributed by atoms with E-state index >= 15 is 0 Å². The molecule has 0 amide bonds. The first-order chi connectivity index (χ1) is 10.2. The van der Waals surface area contributed by atoms with Crippen LogP contribution in [0.25, 0.3) is 11.3 Å². The maximum absolute atomic E-state index is 8.59. The number of benzene rings is 1. The van der Waals surface area contributed by atoms with Crippen molar-refractivity contribution in [3.63, 3.8) is 0 Å². The zero-order valence-corrected chi connectivity index (χ0v) is 14.9. The lowest BCUT2D eigenvalue weighted by Crippen LogP contribution is -2.19. The van der Waals surface area contributed by atoms with Crippen LogP contribution in [0, 0.1) is 6.92 Å². The number of nitrogens with one attached hydrogen (secondary N) is 1. The van der Waals surface area contributed by atoms with Gasteiger partial charge in [0.1, 0.15) is 11.5 Å². The second-order valence-electron chi connectivity index (χ2n) is 4.74. The van der Waals surface area contributed by atoms with Crippen molar-refractivity contribution in [1.29, 1.82) is 0 Å². The summed E-state index contributed by atoms with van der Waals surface area (Å²) in [4.78, 5) is 0. The van der Waals surface area contributed by atoms with Crippen LogP contribution in [-0.2, 0) is 11.3 Å². The number of rotatable bonds is 8. The molecule has 0 aliphatic carbocycles. The fourth-order valence-corrected chi connectivity index (χ4v) is 2.52. The van der Waals surface area contributed by atoms with Gasteiger partial charge in [-0.1, -0.05) is 15.9 Å². The molecule has 0 unspecified atom stereocenters. The molecule has 0 radical (unpaired) electrons. The van der Waals surface area contributed by atoms with E-state index in [4.69, 9.17) is 14.3 Å². The number of aliphatic hydroxyl groups is 1. The third-order valence-electron chi connectivity index (χ3n) is 3.07. The molecule has 0 aliphatic heterocycles. The second-order valence-corrected chi connectivity index (χ2v) is 5.65. The summed E-state index contributed by atoms with van der Waals surface area (Å²) in [7, 11) is 0. The molecule has 6 heteroatoms. The molecule has 1 aromatic carbocycles. The molecule has 1 heterocycles. The van der Waals surface area contributed by atoms with Gasteiger partial charge in [0.15, 0.2) is 0 Å². The Balaban J connectivity index is 0.00000242. The molecule has 4 nitrogen and oxygen atoms in total. The Morgan fingerprint density at radius 2 is 2.05 bits per heavy atom. The van der Waals surface area contributed by atoms with Crippen molar-refractivity contribution in [1.82, 2.24) is 5.32 Å². The van der Waals surface area contributed by atoms with E-state index in [1.165, 1.54) is 5.56 Å². The van der Waals surface area contributed by atoms with Gasteiger partial charge in [0, 0.05) is 16.6 Å². The minimum Gasteiger partial charge on any atom is -0.460 e. The number of aliphatic hydroxyl groups excluding tert-OH is 1. The van der Waals surface area contributed by atoms with E-state index in [1.807, 2.05) is 18.2 Å². The van der Waals surface area contributed by atoms with Crippen molar-refractivity contribution < 1.29 is 14.3 Å². The summed E-state index contributed by atoms with van der Waals surface area (Å²) in [5.74, 6) is 1.78. The minimum absolute atomic E-state index is 0. The highest BCUT2D eigenvalue weighted by atomic mass is 79.9. The van der Waals surface area contributed by atoms with Gasteiger partial charge in [0.25, 0.3) is 0 Å². The Bertz CT molecular complexity index is 574. The average molecular weight is 391 g/mol. The summed E-state index contributed by atoms with van der Waals surface area (Å²) < 4.78 is 12.1. The third kappa shape index (κ3) is 5.74. The fraction of sp³-hybridized carbons (Fsp3) is 0.375. The Kier molecular flexibility index (Phi) is 8.75. The largest absolute Gasteiger partial charge is 0.460 e. The lowest BCUT2D eigenvalue weighted by molar-refractivity contribution is 0.0936. The summed E-state index contributed by atoms with van der Waals surface area (Å²) in [6, 6.07) is 10.1. The predicted molar refractivity (Wildman–Crippen MR) is 93.4 cm³/mol. The van der Waals surface area contributed by atoms with Crippen molar-refractivity contribution in [3.05, 3.63) is 46.1 Å². The first-order valence-electron chi connectivity index (χ1n) is 6.95. The van der Waals surface area contributed by atoms with Crippen molar-refractivity contribution >= 4 is 28.3 Å². The van der Waals surface area contributed by atoms with Crippen LogP contribution in [-0.4, -0.2) is 31.5 Å².